The van der Waals surface area contributed by atoms with E-state index in [9.17, 15) is 4.79 Å². The summed E-state index contributed by atoms with van der Waals surface area (Å²) < 4.78 is 0. The molecule has 0 aromatic rings. The lowest BCUT2D eigenvalue weighted by molar-refractivity contribution is 0.172. The van der Waals surface area contributed by atoms with Crippen LogP contribution in [0.1, 0.15) is 0 Å². The molecule has 5 heteroatoms. The van der Waals surface area contributed by atoms with Gasteiger partial charge in [0.2, 0.25) is 0 Å². The van der Waals surface area contributed by atoms with Crippen LogP contribution in [0.15, 0.2) is 0 Å². The van der Waals surface area contributed by atoms with E-state index in [-0.39, 0.29) is 12.2 Å². The Morgan fingerprint density at radius 2 is 2.42 bits per heavy atom. The zero-order valence-corrected chi connectivity index (χ0v) is 6.92. The van der Waals surface area contributed by atoms with Gasteiger partial charge in [-0.3, -0.25) is 0 Å². The topological polar surface area (TPSA) is 58.5 Å². The van der Waals surface area contributed by atoms with E-state index in [1.165, 1.54) is 0 Å². The minimum Gasteiger partial charge on any atom is -0.336 e. The minimum atomic E-state index is 0.0208. The van der Waals surface area contributed by atoms with E-state index in [4.69, 9.17) is 0 Å². The monoisotopic (exact) mass is 169 g/mol. The Hall–Kier alpha value is -0.810. The molecule has 0 spiro atoms. The van der Waals surface area contributed by atoms with Gasteiger partial charge >= 0.3 is 6.03 Å². The fourth-order valence-electron chi connectivity index (χ4n) is 1.57. The molecule has 2 amide bonds. The largest absolute Gasteiger partial charge is 0.336 e. The van der Waals surface area contributed by atoms with Crippen LogP contribution in [0.4, 0.5) is 4.79 Å². The molecule has 2 N–H and O–H groups in total. The molecular weight excluding hydrogens is 156 g/mol. The molecular formula is C7H13N4O. The summed E-state index contributed by atoms with van der Waals surface area (Å²) in [6, 6.07) is 0.0208. The van der Waals surface area contributed by atoms with Crippen molar-refractivity contribution in [2.45, 2.75) is 6.17 Å². The third-order valence-electron chi connectivity index (χ3n) is 2.20. The lowest BCUT2D eigenvalue weighted by atomic mass is 10.3. The first-order valence-electron chi connectivity index (χ1n) is 4.30. The first-order chi connectivity index (χ1) is 5.88. The van der Waals surface area contributed by atoms with Gasteiger partial charge < -0.3 is 15.5 Å². The van der Waals surface area contributed by atoms with Gasteiger partial charge in [0.05, 0.1) is 0 Å². The maximum Gasteiger partial charge on any atom is 0.318 e. The lowest BCUT2D eigenvalue weighted by Gasteiger charge is -2.29. The molecule has 12 heavy (non-hydrogen) atoms. The van der Waals surface area contributed by atoms with Crippen molar-refractivity contribution in [3.63, 3.8) is 0 Å². The number of amides is 2. The lowest BCUT2D eigenvalue weighted by Crippen LogP contribution is -2.54. The maximum absolute atomic E-state index is 11.2. The van der Waals surface area contributed by atoms with E-state index in [1.54, 1.807) is 4.90 Å². The molecule has 0 saturated carbocycles. The summed E-state index contributed by atoms with van der Waals surface area (Å²) in [5, 5.41) is 10.3. The maximum atomic E-state index is 11.2. The second-order valence-electron chi connectivity index (χ2n) is 3.02. The van der Waals surface area contributed by atoms with E-state index in [1.807, 2.05) is 0 Å². The Balaban J connectivity index is 1.93. The summed E-state index contributed by atoms with van der Waals surface area (Å²) in [5.41, 5.74) is 0. The molecule has 2 fully saturated rings. The summed E-state index contributed by atoms with van der Waals surface area (Å²) in [5.74, 6) is 0. The molecule has 2 aliphatic rings. The van der Waals surface area contributed by atoms with Crippen LogP contribution in [-0.4, -0.2) is 49.8 Å². The zero-order chi connectivity index (χ0) is 8.39. The average Bonchev–Trinajstić information content (AvgIpc) is 2.53. The molecule has 0 aromatic heterocycles. The highest BCUT2D eigenvalue weighted by molar-refractivity contribution is 5.76. The Bertz CT molecular complexity index is 178. The first-order valence-corrected chi connectivity index (χ1v) is 4.30. The third kappa shape index (κ3) is 1.37. The number of hydrogen-bond acceptors (Lipinski definition) is 2. The van der Waals surface area contributed by atoms with Gasteiger partial charge in [0, 0.05) is 32.7 Å². The zero-order valence-electron chi connectivity index (χ0n) is 6.92. The van der Waals surface area contributed by atoms with Gasteiger partial charge in [0.25, 0.3) is 0 Å². The first kappa shape index (κ1) is 7.82. The Kier molecular flexibility index (Phi) is 2.14. The molecule has 2 rings (SSSR count). The Morgan fingerprint density at radius 1 is 1.50 bits per heavy atom. The molecule has 2 aliphatic heterocycles. The van der Waals surface area contributed by atoms with Crippen molar-refractivity contribution in [1.82, 2.24) is 20.9 Å². The van der Waals surface area contributed by atoms with Gasteiger partial charge in [-0.2, -0.15) is 0 Å². The molecule has 0 aromatic carbocycles. The van der Waals surface area contributed by atoms with Crippen LogP contribution in [0.3, 0.4) is 0 Å². The third-order valence-corrected chi connectivity index (χ3v) is 2.20. The van der Waals surface area contributed by atoms with Crippen LogP contribution in [0.5, 0.6) is 0 Å². The predicted octanol–water partition coefficient (Wildman–Crippen LogP) is -1.45. The SMILES string of the molecule is O=C1NCCN1C1CNCC[N]1. The average molecular weight is 169 g/mol. The van der Waals surface area contributed by atoms with Crippen LogP contribution in [0.25, 0.3) is 0 Å². The highest BCUT2D eigenvalue weighted by Crippen LogP contribution is 2.03. The molecule has 0 bridgehead atoms. The van der Waals surface area contributed by atoms with E-state index in [2.05, 4.69) is 16.0 Å². The number of carbonyl (C=O) groups is 1. The standard InChI is InChI=1S/C7H13N4O/c12-7-10-3-4-11(7)6-5-8-1-2-9-6/h6,8H,1-5H2,(H,10,12). The van der Waals surface area contributed by atoms with Crippen molar-refractivity contribution in [1.29, 1.82) is 0 Å². The van der Waals surface area contributed by atoms with Gasteiger partial charge in [-0.15, -0.1) is 0 Å². The molecule has 2 heterocycles. The van der Waals surface area contributed by atoms with E-state index in [0.717, 1.165) is 32.7 Å². The quantitative estimate of drug-likeness (QED) is 0.504. The molecule has 67 valence electrons. The molecule has 0 aliphatic carbocycles. The Labute approximate surface area is 71.5 Å². The number of hydrogen-bond donors (Lipinski definition) is 2. The van der Waals surface area contributed by atoms with Crippen LogP contribution in [0.2, 0.25) is 0 Å². The number of urea groups is 1. The Morgan fingerprint density at radius 3 is 3.00 bits per heavy atom. The smallest absolute Gasteiger partial charge is 0.318 e. The summed E-state index contributed by atoms with van der Waals surface area (Å²) >= 11 is 0. The fourth-order valence-corrected chi connectivity index (χ4v) is 1.57. The van der Waals surface area contributed by atoms with Crippen LogP contribution >= 0.6 is 0 Å². The second-order valence-corrected chi connectivity index (χ2v) is 3.02. The van der Waals surface area contributed by atoms with Gasteiger partial charge in [-0.25, -0.2) is 10.1 Å². The number of carbonyl (C=O) groups excluding carboxylic acids is 1. The second kappa shape index (κ2) is 3.28. The van der Waals surface area contributed by atoms with Gasteiger partial charge in [0.15, 0.2) is 0 Å². The highest BCUT2D eigenvalue weighted by Gasteiger charge is 2.28. The summed E-state index contributed by atoms with van der Waals surface area (Å²) in [4.78, 5) is 13.0. The van der Waals surface area contributed by atoms with Crippen LogP contribution in [-0.2, 0) is 0 Å². The van der Waals surface area contributed by atoms with Crippen LogP contribution in [0, 0.1) is 0 Å². The van der Waals surface area contributed by atoms with Gasteiger partial charge in [-0.1, -0.05) is 0 Å². The van der Waals surface area contributed by atoms with Crippen molar-refractivity contribution in [3.8, 4) is 0 Å². The molecule has 1 unspecified atom stereocenters. The van der Waals surface area contributed by atoms with Crippen molar-refractivity contribution in [3.05, 3.63) is 0 Å². The fraction of sp³-hybridized carbons (Fsp3) is 0.857. The van der Waals surface area contributed by atoms with Crippen LogP contribution < -0.4 is 16.0 Å². The minimum absolute atomic E-state index is 0.0208. The van der Waals surface area contributed by atoms with Gasteiger partial charge in [0.1, 0.15) is 6.17 Å². The van der Waals surface area contributed by atoms with Crippen molar-refractivity contribution in [2.24, 2.45) is 0 Å². The van der Waals surface area contributed by atoms with E-state index >= 15 is 0 Å². The normalized spacial score (nSPS) is 30.5. The highest BCUT2D eigenvalue weighted by atomic mass is 16.2. The summed E-state index contributed by atoms with van der Waals surface area (Å²) in [6.45, 7) is 4.09. The summed E-state index contributed by atoms with van der Waals surface area (Å²) in [6.07, 6.45) is 0.0567. The molecule has 5 nitrogen and oxygen atoms in total. The van der Waals surface area contributed by atoms with E-state index < -0.39 is 0 Å². The van der Waals surface area contributed by atoms with Crippen molar-refractivity contribution in [2.75, 3.05) is 32.7 Å². The van der Waals surface area contributed by atoms with Crippen molar-refractivity contribution < 1.29 is 4.79 Å². The van der Waals surface area contributed by atoms with Gasteiger partial charge in [-0.05, 0) is 0 Å². The summed E-state index contributed by atoms with van der Waals surface area (Å²) in [7, 11) is 0. The van der Waals surface area contributed by atoms with Crippen molar-refractivity contribution >= 4 is 6.03 Å². The number of rotatable bonds is 1. The number of piperazine rings is 1. The number of nitrogens with one attached hydrogen (secondary N) is 2. The molecule has 2 saturated heterocycles. The molecule has 1 atom stereocenters. The molecule has 1 radical (unpaired) electrons. The van der Waals surface area contributed by atoms with E-state index in [0.29, 0.717) is 0 Å². The number of nitrogens with zero attached hydrogens (tertiary/aromatic N) is 2. The predicted molar refractivity (Wildman–Crippen MR) is 43.8 cm³/mol.